The van der Waals surface area contributed by atoms with Crippen LogP contribution in [0.2, 0.25) is 0 Å². The molecule has 2 aromatic carbocycles. The molecule has 0 bridgehead atoms. The molecule has 1 atom stereocenters. The first kappa shape index (κ1) is 20.7. The van der Waals surface area contributed by atoms with E-state index in [2.05, 4.69) is 12.6 Å². The van der Waals surface area contributed by atoms with Crippen molar-refractivity contribution in [3.05, 3.63) is 66.2 Å². The first-order valence-electron chi connectivity index (χ1n) is 10.3. The number of carbonyl (C=O) groups is 1. The Bertz CT molecular complexity index is 846. The molecular formula is C25H27NO3. The molecule has 1 aliphatic rings. The highest BCUT2D eigenvalue weighted by molar-refractivity contribution is 5.89. The number of ether oxygens (including phenoxy) is 2. The molecule has 1 fully saturated rings. The number of unbranched alkanes of at least 4 members (excludes halogenated alkanes) is 4. The zero-order chi connectivity index (χ0) is 20.5. The molecular weight excluding hydrogens is 362 g/mol. The Balaban J connectivity index is 1.27. The van der Waals surface area contributed by atoms with Crippen LogP contribution in [0.5, 0.6) is 5.75 Å². The van der Waals surface area contributed by atoms with Crippen molar-refractivity contribution in [3.8, 4) is 22.9 Å². The fraction of sp³-hybridized carbons (Fsp3) is 0.360. The predicted octanol–water partition coefficient (Wildman–Crippen LogP) is 5.82. The third-order valence-corrected chi connectivity index (χ3v) is 5.18. The van der Waals surface area contributed by atoms with E-state index < -0.39 is 0 Å². The minimum absolute atomic E-state index is 0.0468. The Morgan fingerprint density at radius 1 is 0.966 bits per heavy atom. The SMILES string of the molecule is C=C1CC(CCCCCCCOc2ccc(-c3ccc(C#N)cc3)cc2)OC1=O. The monoisotopic (exact) mass is 389 g/mol. The van der Waals surface area contributed by atoms with Crippen LogP contribution < -0.4 is 4.74 Å². The van der Waals surface area contributed by atoms with E-state index in [1.54, 1.807) is 0 Å². The highest BCUT2D eigenvalue weighted by Gasteiger charge is 2.26. The van der Waals surface area contributed by atoms with E-state index in [-0.39, 0.29) is 12.1 Å². The largest absolute Gasteiger partial charge is 0.494 e. The topological polar surface area (TPSA) is 59.3 Å². The van der Waals surface area contributed by atoms with Crippen LogP contribution in [0.4, 0.5) is 0 Å². The van der Waals surface area contributed by atoms with Gasteiger partial charge in [0.15, 0.2) is 0 Å². The maximum atomic E-state index is 11.3. The van der Waals surface area contributed by atoms with Crippen LogP contribution in [0.1, 0.15) is 50.5 Å². The summed E-state index contributed by atoms with van der Waals surface area (Å²) in [6, 6.07) is 17.8. The van der Waals surface area contributed by atoms with Gasteiger partial charge in [-0.15, -0.1) is 0 Å². The first-order valence-corrected chi connectivity index (χ1v) is 10.3. The Morgan fingerprint density at radius 2 is 1.59 bits per heavy atom. The number of nitrogens with zero attached hydrogens (tertiary/aromatic N) is 1. The van der Waals surface area contributed by atoms with E-state index in [1.807, 2.05) is 48.5 Å². The van der Waals surface area contributed by atoms with Crippen LogP contribution in [0, 0.1) is 11.3 Å². The van der Waals surface area contributed by atoms with Gasteiger partial charge < -0.3 is 9.47 Å². The average molecular weight is 389 g/mol. The molecule has 1 heterocycles. The lowest BCUT2D eigenvalue weighted by molar-refractivity contribution is -0.139. The standard InChI is InChI=1S/C25H27NO3/c1-19-17-24(29-25(19)27)7-5-3-2-4-6-16-28-23-14-12-22(13-15-23)21-10-8-20(18-26)9-11-21/h8-15,24H,1-7,16-17H2. The molecule has 1 saturated heterocycles. The van der Waals surface area contributed by atoms with Gasteiger partial charge in [0.25, 0.3) is 0 Å². The van der Waals surface area contributed by atoms with Crippen LogP contribution in [0.3, 0.4) is 0 Å². The van der Waals surface area contributed by atoms with Gasteiger partial charge in [-0.2, -0.15) is 5.26 Å². The zero-order valence-corrected chi connectivity index (χ0v) is 16.7. The van der Waals surface area contributed by atoms with Crippen molar-refractivity contribution in [2.75, 3.05) is 6.61 Å². The molecule has 1 unspecified atom stereocenters. The summed E-state index contributed by atoms with van der Waals surface area (Å²) in [6.45, 7) is 4.43. The van der Waals surface area contributed by atoms with Crippen LogP contribution >= 0.6 is 0 Å². The molecule has 29 heavy (non-hydrogen) atoms. The molecule has 0 amide bonds. The van der Waals surface area contributed by atoms with E-state index in [9.17, 15) is 4.79 Å². The summed E-state index contributed by atoms with van der Waals surface area (Å²) in [5, 5.41) is 8.88. The van der Waals surface area contributed by atoms with Crippen molar-refractivity contribution in [2.45, 2.75) is 51.0 Å². The summed E-state index contributed by atoms with van der Waals surface area (Å²) in [5.41, 5.74) is 3.48. The number of rotatable bonds is 10. The van der Waals surface area contributed by atoms with Gasteiger partial charge >= 0.3 is 5.97 Å². The first-order chi connectivity index (χ1) is 14.2. The van der Waals surface area contributed by atoms with Gasteiger partial charge in [-0.3, -0.25) is 0 Å². The summed E-state index contributed by atoms with van der Waals surface area (Å²) >= 11 is 0. The Kier molecular flexibility index (Phi) is 7.47. The van der Waals surface area contributed by atoms with Crippen molar-refractivity contribution in [1.82, 2.24) is 0 Å². The number of cyclic esters (lactones) is 1. The highest BCUT2D eigenvalue weighted by Crippen LogP contribution is 2.24. The fourth-order valence-electron chi connectivity index (χ4n) is 3.47. The second kappa shape index (κ2) is 10.5. The Hall–Kier alpha value is -3.06. The Labute approximate surface area is 172 Å². The fourth-order valence-corrected chi connectivity index (χ4v) is 3.47. The zero-order valence-electron chi connectivity index (χ0n) is 16.7. The molecule has 2 aromatic rings. The lowest BCUT2D eigenvalue weighted by atomic mass is 10.0. The summed E-state index contributed by atoms with van der Waals surface area (Å²) < 4.78 is 11.1. The van der Waals surface area contributed by atoms with Crippen molar-refractivity contribution < 1.29 is 14.3 Å². The average Bonchev–Trinajstić information content (AvgIpc) is 3.07. The summed E-state index contributed by atoms with van der Waals surface area (Å²) in [4.78, 5) is 11.3. The lowest BCUT2D eigenvalue weighted by Gasteiger charge is -2.09. The molecule has 0 radical (unpaired) electrons. The smallest absolute Gasteiger partial charge is 0.333 e. The minimum atomic E-state index is -0.225. The number of hydrogen-bond acceptors (Lipinski definition) is 4. The third kappa shape index (κ3) is 6.22. The second-order valence-electron chi connectivity index (χ2n) is 7.45. The van der Waals surface area contributed by atoms with Gasteiger partial charge in [0.1, 0.15) is 11.9 Å². The third-order valence-electron chi connectivity index (χ3n) is 5.18. The molecule has 4 heteroatoms. The quantitative estimate of drug-likeness (QED) is 0.292. The molecule has 0 aromatic heterocycles. The second-order valence-corrected chi connectivity index (χ2v) is 7.45. The molecule has 4 nitrogen and oxygen atoms in total. The number of esters is 1. The molecule has 0 spiro atoms. The van der Waals surface area contributed by atoms with Gasteiger partial charge in [-0.05, 0) is 54.7 Å². The van der Waals surface area contributed by atoms with E-state index in [4.69, 9.17) is 14.7 Å². The van der Waals surface area contributed by atoms with Crippen molar-refractivity contribution in [3.63, 3.8) is 0 Å². The summed E-state index contributed by atoms with van der Waals surface area (Å²) in [6.07, 6.45) is 7.26. The molecule has 0 aliphatic carbocycles. The molecule has 150 valence electrons. The van der Waals surface area contributed by atoms with Gasteiger partial charge in [0, 0.05) is 12.0 Å². The van der Waals surface area contributed by atoms with Gasteiger partial charge in [-0.1, -0.05) is 50.1 Å². The van der Waals surface area contributed by atoms with Gasteiger partial charge in [-0.25, -0.2) is 4.79 Å². The number of carbonyl (C=O) groups excluding carboxylic acids is 1. The van der Waals surface area contributed by atoms with Crippen molar-refractivity contribution in [1.29, 1.82) is 5.26 Å². The predicted molar refractivity (Wildman–Crippen MR) is 113 cm³/mol. The highest BCUT2D eigenvalue weighted by atomic mass is 16.5. The Morgan fingerprint density at radius 3 is 2.21 bits per heavy atom. The molecule has 0 saturated carbocycles. The minimum Gasteiger partial charge on any atom is -0.494 e. The molecule has 1 aliphatic heterocycles. The maximum Gasteiger partial charge on any atom is 0.333 e. The van der Waals surface area contributed by atoms with Crippen molar-refractivity contribution >= 4 is 5.97 Å². The van der Waals surface area contributed by atoms with Crippen LogP contribution in [-0.4, -0.2) is 18.7 Å². The maximum absolute atomic E-state index is 11.3. The lowest BCUT2D eigenvalue weighted by Crippen LogP contribution is -2.06. The number of nitriles is 1. The van der Waals surface area contributed by atoms with Gasteiger partial charge in [0.05, 0.1) is 18.2 Å². The van der Waals surface area contributed by atoms with Gasteiger partial charge in [0.2, 0.25) is 0 Å². The number of benzene rings is 2. The number of hydrogen-bond donors (Lipinski definition) is 0. The molecule has 0 N–H and O–H groups in total. The molecule has 3 rings (SSSR count). The van der Waals surface area contributed by atoms with Crippen LogP contribution in [-0.2, 0) is 9.53 Å². The van der Waals surface area contributed by atoms with E-state index in [0.717, 1.165) is 55.6 Å². The normalized spacial score (nSPS) is 15.8. The van der Waals surface area contributed by atoms with Crippen molar-refractivity contribution in [2.24, 2.45) is 0 Å². The van der Waals surface area contributed by atoms with E-state index in [0.29, 0.717) is 17.6 Å². The van der Waals surface area contributed by atoms with E-state index >= 15 is 0 Å². The summed E-state index contributed by atoms with van der Waals surface area (Å²) in [5.74, 6) is 0.655. The van der Waals surface area contributed by atoms with Crippen LogP contribution in [0.15, 0.2) is 60.7 Å². The summed E-state index contributed by atoms with van der Waals surface area (Å²) in [7, 11) is 0. The van der Waals surface area contributed by atoms with Crippen LogP contribution in [0.25, 0.3) is 11.1 Å². The van der Waals surface area contributed by atoms with E-state index in [1.165, 1.54) is 6.42 Å².